The molecule has 196 valence electrons. The van der Waals surface area contributed by atoms with Gasteiger partial charge in [-0.25, -0.2) is 14.5 Å². The number of alkyl halides is 3. The number of aromatic nitrogens is 5. The van der Waals surface area contributed by atoms with Gasteiger partial charge in [0.1, 0.15) is 5.60 Å². The van der Waals surface area contributed by atoms with Crippen molar-refractivity contribution in [3.63, 3.8) is 0 Å². The van der Waals surface area contributed by atoms with E-state index in [0.29, 0.717) is 22.4 Å². The molecular weight excluding hydrogens is 485 g/mol. The summed E-state index contributed by atoms with van der Waals surface area (Å²) >= 11 is 0. The molecule has 0 fully saturated rings. The Morgan fingerprint density at radius 3 is 2.49 bits per heavy atom. The fraction of sp³-hybridized carbons (Fsp3) is 0.385. The molecule has 0 aliphatic rings. The standard InChI is InChI=1S/C26H29F3N6O2/c1-5-6-13-34-16-17(14-32-34)20-11-12-30-23-22(20)21(15-31-24(36)37-25(2,3)4)33-35(23)19-9-7-18(8-10-19)26(27,28)29/h7-12,14,16H,5-6,13,15H2,1-4H3,(H,31,36). The van der Waals surface area contributed by atoms with Gasteiger partial charge >= 0.3 is 12.3 Å². The molecule has 0 aliphatic heterocycles. The summed E-state index contributed by atoms with van der Waals surface area (Å²) in [5, 5.41) is 12.5. The maximum absolute atomic E-state index is 13.1. The number of alkyl carbamates (subject to hydrolysis) is 1. The van der Waals surface area contributed by atoms with Crippen LogP contribution in [0.2, 0.25) is 0 Å². The number of halogens is 3. The highest BCUT2D eigenvalue weighted by Gasteiger charge is 2.30. The van der Waals surface area contributed by atoms with E-state index in [1.165, 1.54) is 16.8 Å². The monoisotopic (exact) mass is 514 g/mol. The van der Waals surface area contributed by atoms with Crippen LogP contribution in [0.1, 0.15) is 51.8 Å². The van der Waals surface area contributed by atoms with Crippen LogP contribution in [0.5, 0.6) is 0 Å². The van der Waals surface area contributed by atoms with Gasteiger partial charge in [-0.1, -0.05) is 13.3 Å². The molecular formula is C26H29F3N6O2. The molecule has 3 heterocycles. The van der Waals surface area contributed by atoms with E-state index in [4.69, 9.17) is 4.74 Å². The summed E-state index contributed by atoms with van der Waals surface area (Å²) in [7, 11) is 0. The zero-order valence-electron chi connectivity index (χ0n) is 21.1. The van der Waals surface area contributed by atoms with E-state index in [1.54, 1.807) is 33.2 Å². The second-order valence-electron chi connectivity index (χ2n) is 9.66. The van der Waals surface area contributed by atoms with Gasteiger partial charge in [0.2, 0.25) is 0 Å². The third-order valence-electron chi connectivity index (χ3n) is 5.56. The Morgan fingerprint density at radius 1 is 1.11 bits per heavy atom. The van der Waals surface area contributed by atoms with Gasteiger partial charge in [-0.3, -0.25) is 4.68 Å². The maximum atomic E-state index is 13.1. The SMILES string of the molecule is CCCCn1cc(-c2ccnc3c2c(CNC(=O)OC(C)(C)C)nn3-c2ccc(C(F)(F)F)cc2)cn1. The van der Waals surface area contributed by atoms with Gasteiger partial charge in [-0.2, -0.15) is 23.4 Å². The second-order valence-corrected chi connectivity index (χ2v) is 9.66. The van der Waals surface area contributed by atoms with Crippen LogP contribution in [0.15, 0.2) is 48.9 Å². The topological polar surface area (TPSA) is 86.9 Å². The number of ether oxygens (including phenoxy) is 1. The first-order chi connectivity index (χ1) is 17.5. The van der Waals surface area contributed by atoms with Crippen molar-refractivity contribution in [3.05, 3.63) is 60.2 Å². The van der Waals surface area contributed by atoms with Crippen molar-refractivity contribution < 1.29 is 22.7 Å². The number of amides is 1. The lowest BCUT2D eigenvalue weighted by Crippen LogP contribution is -2.32. The van der Waals surface area contributed by atoms with Crippen LogP contribution in [0, 0.1) is 0 Å². The number of nitrogens with one attached hydrogen (secondary N) is 1. The van der Waals surface area contributed by atoms with Gasteiger partial charge in [0.05, 0.1) is 35.1 Å². The molecule has 0 spiro atoms. The minimum absolute atomic E-state index is 0.0295. The number of rotatable bonds is 7. The Bertz CT molecular complexity index is 1380. The summed E-state index contributed by atoms with van der Waals surface area (Å²) < 4.78 is 48.0. The Hall–Kier alpha value is -3.89. The summed E-state index contributed by atoms with van der Waals surface area (Å²) in [5.41, 5.74) is 1.55. The van der Waals surface area contributed by atoms with Crippen molar-refractivity contribution in [2.45, 2.75) is 65.4 Å². The number of fused-ring (bicyclic) bond motifs is 1. The van der Waals surface area contributed by atoms with Gasteiger partial charge < -0.3 is 10.1 Å². The summed E-state index contributed by atoms with van der Waals surface area (Å²) in [6.07, 6.45) is 2.28. The molecule has 0 aliphatic carbocycles. The van der Waals surface area contributed by atoms with Gasteiger partial charge in [-0.05, 0) is 63.1 Å². The zero-order chi connectivity index (χ0) is 26.8. The van der Waals surface area contributed by atoms with Gasteiger partial charge in [0.15, 0.2) is 5.65 Å². The predicted octanol–water partition coefficient (Wildman–Crippen LogP) is 6.13. The summed E-state index contributed by atoms with van der Waals surface area (Å²) in [5.74, 6) is 0. The Morgan fingerprint density at radius 2 is 1.84 bits per heavy atom. The molecule has 11 heteroatoms. The lowest BCUT2D eigenvalue weighted by molar-refractivity contribution is -0.137. The Kier molecular flexibility index (Phi) is 7.24. The highest BCUT2D eigenvalue weighted by Crippen LogP contribution is 2.33. The molecule has 0 saturated heterocycles. The fourth-order valence-corrected chi connectivity index (χ4v) is 3.86. The van der Waals surface area contributed by atoms with Crippen LogP contribution in [0.25, 0.3) is 27.8 Å². The number of aryl methyl sites for hydroxylation is 1. The number of hydrogen-bond donors (Lipinski definition) is 1. The molecule has 1 aromatic carbocycles. The number of hydrogen-bond acceptors (Lipinski definition) is 5. The number of unbranched alkanes of at least 4 members (excludes halogenated alkanes) is 1. The molecule has 1 N–H and O–H groups in total. The molecule has 0 radical (unpaired) electrons. The lowest BCUT2D eigenvalue weighted by atomic mass is 10.1. The summed E-state index contributed by atoms with van der Waals surface area (Å²) in [6.45, 7) is 8.21. The van der Waals surface area contributed by atoms with Gasteiger partial charge in [-0.15, -0.1) is 0 Å². The molecule has 37 heavy (non-hydrogen) atoms. The van der Waals surface area contributed by atoms with E-state index in [1.807, 2.05) is 16.9 Å². The number of carbonyl (C=O) groups is 1. The minimum Gasteiger partial charge on any atom is -0.444 e. The average Bonchev–Trinajstić information content (AvgIpc) is 3.45. The third-order valence-corrected chi connectivity index (χ3v) is 5.56. The van der Waals surface area contributed by atoms with Gasteiger partial charge in [0.25, 0.3) is 0 Å². The van der Waals surface area contributed by atoms with E-state index in [-0.39, 0.29) is 6.54 Å². The van der Waals surface area contributed by atoms with Gasteiger partial charge in [0, 0.05) is 24.5 Å². The van der Waals surface area contributed by atoms with Crippen molar-refractivity contribution in [3.8, 4) is 16.8 Å². The first kappa shape index (κ1) is 26.2. The number of pyridine rings is 1. The van der Waals surface area contributed by atoms with Crippen molar-refractivity contribution >= 4 is 17.1 Å². The molecule has 1 amide bonds. The first-order valence-corrected chi connectivity index (χ1v) is 12.0. The Labute approximate surface area is 212 Å². The average molecular weight is 515 g/mol. The lowest BCUT2D eigenvalue weighted by Gasteiger charge is -2.19. The normalized spacial score (nSPS) is 12.2. The number of nitrogens with zero attached hydrogens (tertiary/aromatic N) is 5. The highest BCUT2D eigenvalue weighted by atomic mass is 19.4. The van der Waals surface area contributed by atoms with Crippen molar-refractivity contribution in [1.82, 2.24) is 29.9 Å². The van der Waals surface area contributed by atoms with Crippen molar-refractivity contribution in [2.24, 2.45) is 0 Å². The van der Waals surface area contributed by atoms with Crippen LogP contribution in [0.3, 0.4) is 0 Å². The van der Waals surface area contributed by atoms with E-state index in [9.17, 15) is 18.0 Å². The molecule has 3 aromatic heterocycles. The van der Waals surface area contributed by atoms with Crippen LogP contribution >= 0.6 is 0 Å². The quantitative estimate of drug-likeness (QED) is 0.321. The molecule has 8 nitrogen and oxygen atoms in total. The first-order valence-electron chi connectivity index (χ1n) is 12.0. The van der Waals surface area contributed by atoms with Crippen LogP contribution < -0.4 is 5.32 Å². The van der Waals surface area contributed by atoms with Crippen LogP contribution in [0.4, 0.5) is 18.0 Å². The minimum atomic E-state index is -4.45. The molecule has 0 saturated carbocycles. The maximum Gasteiger partial charge on any atom is 0.416 e. The molecule has 0 atom stereocenters. The van der Waals surface area contributed by atoms with Crippen molar-refractivity contribution in [1.29, 1.82) is 0 Å². The number of carbonyl (C=O) groups excluding carboxylic acids is 1. The summed E-state index contributed by atoms with van der Waals surface area (Å²) in [4.78, 5) is 16.8. The fourth-order valence-electron chi connectivity index (χ4n) is 3.86. The van der Waals surface area contributed by atoms with E-state index < -0.39 is 23.4 Å². The zero-order valence-corrected chi connectivity index (χ0v) is 21.1. The van der Waals surface area contributed by atoms with Crippen LogP contribution in [-0.2, 0) is 24.0 Å². The largest absolute Gasteiger partial charge is 0.444 e. The van der Waals surface area contributed by atoms with Crippen molar-refractivity contribution in [2.75, 3.05) is 0 Å². The molecule has 4 rings (SSSR count). The smallest absolute Gasteiger partial charge is 0.416 e. The molecule has 0 bridgehead atoms. The highest BCUT2D eigenvalue weighted by molar-refractivity contribution is 5.95. The van der Waals surface area contributed by atoms with E-state index in [2.05, 4.69) is 27.4 Å². The van der Waals surface area contributed by atoms with E-state index in [0.717, 1.165) is 42.6 Å². The molecule has 0 unspecified atom stereocenters. The van der Waals surface area contributed by atoms with Crippen LogP contribution in [-0.4, -0.2) is 36.2 Å². The Balaban J connectivity index is 1.78. The molecule has 4 aromatic rings. The third kappa shape index (κ3) is 6.10. The van der Waals surface area contributed by atoms with E-state index >= 15 is 0 Å². The summed E-state index contributed by atoms with van der Waals surface area (Å²) in [6, 6.07) is 6.53. The predicted molar refractivity (Wildman–Crippen MR) is 133 cm³/mol. The second kappa shape index (κ2) is 10.2. The number of benzene rings is 1.